The molecule has 5 heteroatoms. The van der Waals surface area contributed by atoms with Gasteiger partial charge in [-0.05, 0) is 44.4 Å². The molecule has 0 saturated carbocycles. The van der Waals surface area contributed by atoms with Crippen LogP contribution in [0.25, 0.3) is 0 Å². The van der Waals surface area contributed by atoms with Gasteiger partial charge in [-0.3, -0.25) is 0 Å². The molecule has 0 heterocycles. The van der Waals surface area contributed by atoms with Gasteiger partial charge >= 0.3 is 0 Å². The predicted octanol–water partition coefficient (Wildman–Crippen LogP) is 2.48. The number of thioether (sulfide) groups is 1. The smallest absolute Gasteiger partial charge is 0.196 e. The van der Waals surface area contributed by atoms with E-state index in [0.29, 0.717) is 0 Å². The molecule has 0 radical (unpaired) electrons. The minimum absolute atomic E-state index is 0.192. The van der Waals surface area contributed by atoms with Gasteiger partial charge in [0.2, 0.25) is 0 Å². The van der Waals surface area contributed by atoms with Crippen molar-refractivity contribution in [2.75, 3.05) is 6.26 Å². The van der Waals surface area contributed by atoms with Gasteiger partial charge in [-0.15, -0.1) is 11.8 Å². The minimum atomic E-state index is -3.58. The van der Waals surface area contributed by atoms with Crippen molar-refractivity contribution in [2.24, 2.45) is 0 Å². The highest BCUT2D eigenvalue weighted by Gasteiger charge is 2.35. The summed E-state index contributed by atoms with van der Waals surface area (Å²) in [6, 6.07) is 8.38. The van der Waals surface area contributed by atoms with Gasteiger partial charge in [-0.25, -0.2) is 8.42 Å². The first kappa shape index (κ1) is 13.1. The van der Waals surface area contributed by atoms with Crippen molar-refractivity contribution in [3.05, 3.63) is 24.3 Å². The summed E-state index contributed by atoms with van der Waals surface area (Å²) in [4.78, 5) is 1.19. The van der Waals surface area contributed by atoms with Crippen LogP contribution >= 0.6 is 11.8 Å². The van der Waals surface area contributed by atoms with E-state index in [2.05, 4.69) is 0 Å². The largest absolute Gasteiger partial charge is 0.222 e. The van der Waals surface area contributed by atoms with E-state index in [1.54, 1.807) is 36.0 Å². The Bertz CT molecular complexity index is 510. The van der Waals surface area contributed by atoms with Gasteiger partial charge in [0, 0.05) is 4.90 Å². The third-order valence-corrected chi connectivity index (χ3v) is 5.38. The molecule has 0 amide bonds. The van der Waals surface area contributed by atoms with Crippen LogP contribution in [0.15, 0.2) is 34.1 Å². The summed E-state index contributed by atoms with van der Waals surface area (Å²) in [5.41, 5.74) is 0. The minimum Gasteiger partial charge on any atom is -0.222 e. The molecular formula is C11H13NO2S2. The predicted molar refractivity (Wildman–Crippen MR) is 65.1 cm³/mol. The Labute approximate surface area is 100 Å². The van der Waals surface area contributed by atoms with Crippen LogP contribution in [0.5, 0.6) is 0 Å². The lowest BCUT2D eigenvalue weighted by Gasteiger charge is -2.16. The zero-order chi connectivity index (χ0) is 12.4. The Hall–Kier alpha value is -0.990. The number of hydrogen-bond donors (Lipinski definition) is 0. The molecule has 86 valence electrons. The zero-order valence-corrected chi connectivity index (χ0v) is 11.0. The summed E-state index contributed by atoms with van der Waals surface area (Å²) >= 11 is 1.54. The average Bonchev–Trinajstić information content (AvgIpc) is 2.29. The lowest BCUT2D eigenvalue weighted by atomic mass is 10.2. The van der Waals surface area contributed by atoms with Gasteiger partial charge in [0.15, 0.2) is 14.6 Å². The van der Waals surface area contributed by atoms with Crippen LogP contribution in [-0.4, -0.2) is 19.4 Å². The van der Waals surface area contributed by atoms with Crippen molar-refractivity contribution < 1.29 is 8.42 Å². The molecular weight excluding hydrogens is 242 g/mol. The summed E-state index contributed by atoms with van der Waals surface area (Å²) in [6.45, 7) is 2.82. The monoisotopic (exact) mass is 255 g/mol. The second-order valence-electron chi connectivity index (χ2n) is 3.80. The molecule has 16 heavy (non-hydrogen) atoms. The molecule has 0 aliphatic carbocycles. The summed E-state index contributed by atoms with van der Waals surface area (Å²) in [6.07, 6.45) is 1.92. The molecule has 0 unspecified atom stereocenters. The summed E-state index contributed by atoms with van der Waals surface area (Å²) in [5.74, 6) is 0. The molecule has 0 bridgehead atoms. The van der Waals surface area contributed by atoms with E-state index < -0.39 is 14.6 Å². The van der Waals surface area contributed by atoms with Gasteiger partial charge in [-0.1, -0.05) is 0 Å². The third-order valence-electron chi connectivity index (χ3n) is 2.31. The Morgan fingerprint density at radius 2 is 1.75 bits per heavy atom. The molecule has 0 spiro atoms. The Kier molecular flexibility index (Phi) is 3.66. The fourth-order valence-corrected chi connectivity index (χ4v) is 2.72. The molecule has 0 aliphatic heterocycles. The van der Waals surface area contributed by atoms with Crippen molar-refractivity contribution in [3.8, 4) is 6.07 Å². The van der Waals surface area contributed by atoms with Gasteiger partial charge in [-0.2, -0.15) is 5.26 Å². The van der Waals surface area contributed by atoms with Crippen LogP contribution in [0.4, 0.5) is 0 Å². The number of benzene rings is 1. The first-order chi connectivity index (χ1) is 7.35. The van der Waals surface area contributed by atoms with Crippen LogP contribution < -0.4 is 0 Å². The van der Waals surface area contributed by atoms with E-state index in [-0.39, 0.29) is 4.90 Å². The average molecular weight is 255 g/mol. The number of nitriles is 1. The number of rotatable bonds is 3. The normalized spacial score (nSPS) is 12.1. The van der Waals surface area contributed by atoms with Gasteiger partial charge in [0.05, 0.1) is 11.0 Å². The summed E-state index contributed by atoms with van der Waals surface area (Å²) < 4.78 is 22.7. The van der Waals surface area contributed by atoms with Crippen molar-refractivity contribution in [1.29, 1.82) is 5.26 Å². The standard InChI is InChI=1S/C11H13NO2S2/c1-11(2,8-12)16(13,14)10-6-4-9(15-3)5-7-10/h4-7H,1-3H3. The molecule has 1 aromatic carbocycles. The number of nitrogens with zero attached hydrogens (tertiary/aromatic N) is 1. The Balaban J connectivity index is 3.25. The van der Waals surface area contributed by atoms with Crippen molar-refractivity contribution in [2.45, 2.75) is 28.4 Å². The molecule has 0 aliphatic rings. The molecule has 1 rings (SSSR count). The Morgan fingerprint density at radius 3 is 2.12 bits per heavy atom. The quantitative estimate of drug-likeness (QED) is 0.779. The fourth-order valence-electron chi connectivity index (χ4n) is 1.11. The van der Waals surface area contributed by atoms with Crippen LogP contribution in [-0.2, 0) is 9.84 Å². The van der Waals surface area contributed by atoms with Crippen molar-refractivity contribution in [3.63, 3.8) is 0 Å². The number of hydrogen-bond acceptors (Lipinski definition) is 4. The van der Waals surface area contributed by atoms with Gasteiger partial charge in [0.25, 0.3) is 0 Å². The van der Waals surface area contributed by atoms with Gasteiger partial charge < -0.3 is 0 Å². The maximum atomic E-state index is 12.1. The van der Waals surface area contributed by atoms with E-state index in [1.807, 2.05) is 12.3 Å². The fraction of sp³-hybridized carbons (Fsp3) is 0.364. The molecule has 0 saturated heterocycles. The number of sulfone groups is 1. The van der Waals surface area contributed by atoms with Crippen LogP contribution in [0.2, 0.25) is 0 Å². The van der Waals surface area contributed by atoms with Crippen LogP contribution in [0.3, 0.4) is 0 Å². The van der Waals surface area contributed by atoms with Crippen LogP contribution in [0, 0.1) is 11.3 Å². The highest BCUT2D eigenvalue weighted by molar-refractivity contribution is 7.98. The Morgan fingerprint density at radius 1 is 1.25 bits per heavy atom. The molecule has 0 fully saturated rings. The van der Waals surface area contributed by atoms with E-state index in [9.17, 15) is 8.42 Å². The first-order valence-corrected chi connectivity index (χ1v) is 7.36. The lowest BCUT2D eigenvalue weighted by molar-refractivity contribution is 0.574. The SMILES string of the molecule is CSc1ccc(S(=O)(=O)C(C)(C)C#N)cc1. The molecule has 1 aromatic rings. The molecule has 3 nitrogen and oxygen atoms in total. The van der Waals surface area contributed by atoms with Crippen molar-refractivity contribution in [1.82, 2.24) is 0 Å². The lowest BCUT2D eigenvalue weighted by Crippen LogP contribution is -2.29. The first-order valence-electron chi connectivity index (χ1n) is 4.65. The molecule has 0 N–H and O–H groups in total. The van der Waals surface area contributed by atoms with Gasteiger partial charge in [0.1, 0.15) is 0 Å². The van der Waals surface area contributed by atoms with E-state index in [0.717, 1.165) is 4.90 Å². The maximum absolute atomic E-state index is 12.1. The van der Waals surface area contributed by atoms with Crippen LogP contribution in [0.1, 0.15) is 13.8 Å². The summed E-state index contributed by atoms with van der Waals surface area (Å²) in [7, 11) is -3.58. The third kappa shape index (κ3) is 2.23. The van der Waals surface area contributed by atoms with E-state index in [1.165, 1.54) is 13.8 Å². The molecule has 0 atom stereocenters. The topological polar surface area (TPSA) is 57.9 Å². The second kappa shape index (κ2) is 4.48. The van der Waals surface area contributed by atoms with E-state index >= 15 is 0 Å². The highest BCUT2D eigenvalue weighted by Crippen LogP contribution is 2.26. The highest BCUT2D eigenvalue weighted by atomic mass is 32.2. The second-order valence-corrected chi connectivity index (χ2v) is 7.18. The maximum Gasteiger partial charge on any atom is 0.196 e. The van der Waals surface area contributed by atoms with Crippen molar-refractivity contribution >= 4 is 21.6 Å². The zero-order valence-electron chi connectivity index (χ0n) is 9.39. The van der Waals surface area contributed by atoms with E-state index in [4.69, 9.17) is 5.26 Å². The summed E-state index contributed by atoms with van der Waals surface area (Å²) in [5, 5.41) is 8.86. The molecule has 0 aromatic heterocycles.